The summed E-state index contributed by atoms with van der Waals surface area (Å²) >= 11 is 7.49. The number of nitrogens with one attached hydrogen (secondary N) is 3. The smallest absolute Gasteiger partial charge is 0.262 e. The van der Waals surface area contributed by atoms with Gasteiger partial charge in [-0.15, -0.1) is 11.3 Å². The Bertz CT molecular complexity index is 850. The molecular formula is C20H24ClN3O3S. The summed E-state index contributed by atoms with van der Waals surface area (Å²) in [7, 11) is 0. The number of hydrogen-bond donors (Lipinski definition) is 3. The molecule has 1 aromatic heterocycles. The highest BCUT2D eigenvalue weighted by Crippen LogP contribution is 2.24. The molecule has 0 fully saturated rings. The summed E-state index contributed by atoms with van der Waals surface area (Å²) in [5.41, 5.74) is 0.705. The first-order valence-corrected chi connectivity index (χ1v) is 10.2. The summed E-state index contributed by atoms with van der Waals surface area (Å²) in [6.07, 6.45) is 0. The molecule has 3 N–H and O–H groups in total. The van der Waals surface area contributed by atoms with Gasteiger partial charge in [-0.25, -0.2) is 0 Å². The molecule has 0 aliphatic carbocycles. The zero-order chi connectivity index (χ0) is 20.8. The van der Waals surface area contributed by atoms with Gasteiger partial charge in [-0.2, -0.15) is 0 Å². The maximum absolute atomic E-state index is 12.8. The van der Waals surface area contributed by atoms with E-state index in [9.17, 15) is 14.4 Å². The molecule has 1 aromatic carbocycles. The normalized spacial score (nSPS) is 12.0. The number of rotatable bonds is 7. The van der Waals surface area contributed by atoms with E-state index in [1.165, 1.54) is 17.4 Å². The third-order valence-corrected chi connectivity index (χ3v) is 5.09. The Hall–Kier alpha value is -2.38. The van der Waals surface area contributed by atoms with Crippen LogP contribution in [0.5, 0.6) is 0 Å². The van der Waals surface area contributed by atoms with Crippen LogP contribution in [0, 0.1) is 5.92 Å². The van der Waals surface area contributed by atoms with Gasteiger partial charge in [-0.1, -0.05) is 31.5 Å². The first-order valence-electron chi connectivity index (χ1n) is 8.94. The third-order valence-electron chi connectivity index (χ3n) is 3.89. The van der Waals surface area contributed by atoms with Gasteiger partial charge in [0.15, 0.2) is 0 Å². The lowest BCUT2D eigenvalue weighted by molar-refractivity contribution is -0.118. The number of carbonyl (C=O) groups is 3. The van der Waals surface area contributed by atoms with Crippen LogP contribution in [0.15, 0.2) is 35.7 Å². The van der Waals surface area contributed by atoms with E-state index >= 15 is 0 Å². The molecule has 0 aliphatic rings. The van der Waals surface area contributed by atoms with Crippen molar-refractivity contribution in [3.63, 3.8) is 0 Å². The van der Waals surface area contributed by atoms with Crippen molar-refractivity contribution in [2.75, 3.05) is 5.32 Å². The number of carbonyl (C=O) groups excluding carboxylic acids is 3. The van der Waals surface area contributed by atoms with Gasteiger partial charge in [0.05, 0.1) is 15.6 Å². The molecule has 1 atom stereocenters. The number of halogens is 1. The molecule has 0 bridgehead atoms. The summed E-state index contributed by atoms with van der Waals surface area (Å²) in [6, 6.07) is 7.38. The highest BCUT2D eigenvalue weighted by molar-refractivity contribution is 7.12. The SMILES string of the molecule is CC(C)NC(=O)c1ccc(Cl)c(NC(=O)C(NC(=O)c2cccs2)C(C)C)c1. The summed E-state index contributed by atoms with van der Waals surface area (Å²) < 4.78 is 0. The predicted molar refractivity (Wildman–Crippen MR) is 113 cm³/mol. The second-order valence-corrected chi connectivity index (χ2v) is 8.34. The number of hydrogen-bond acceptors (Lipinski definition) is 4. The molecule has 1 heterocycles. The van der Waals surface area contributed by atoms with Crippen LogP contribution in [-0.2, 0) is 4.79 Å². The zero-order valence-electron chi connectivity index (χ0n) is 16.2. The van der Waals surface area contributed by atoms with Gasteiger partial charge in [0, 0.05) is 11.6 Å². The maximum atomic E-state index is 12.8. The average molecular weight is 422 g/mol. The van der Waals surface area contributed by atoms with E-state index in [1.54, 1.807) is 29.6 Å². The highest BCUT2D eigenvalue weighted by atomic mass is 35.5. The first kappa shape index (κ1) is 21.9. The van der Waals surface area contributed by atoms with Crippen molar-refractivity contribution >= 4 is 46.3 Å². The van der Waals surface area contributed by atoms with Crippen molar-refractivity contribution in [1.82, 2.24) is 10.6 Å². The molecule has 0 aliphatic heterocycles. The van der Waals surface area contributed by atoms with Crippen LogP contribution in [0.3, 0.4) is 0 Å². The van der Waals surface area contributed by atoms with Crippen LogP contribution in [0.1, 0.15) is 47.7 Å². The Morgan fingerprint density at radius 3 is 2.29 bits per heavy atom. The molecule has 2 aromatic rings. The quantitative estimate of drug-likeness (QED) is 0.632. The van der Waals surface area contributed by atoms with Gasteiger partial charge >= 0.3 is 0 Å². The molecule has 3 amide bonds. The minimum atomic E-state index is -0.751. The van der Waals surface area contributed by atoms with Crippen LogP contribution in [0.4, 0.5) is 5.69 Å². The van der Waals surface area contributed by atoms with Gasteiger partial charge in [0.2, 0.25) is 5.91 Å². The number of benzene rings is 1. The van der Waals surface area contributed by atoms with Crippen molar-refractivity contribution in [3.8, 4) is 0 Å². The predicted octanol–water partition coefficient (Wildman–Crippen LogP) is 3.93. The lowest BCUT2D eigenvalue weighted by atomic mass is 10.0. The minimum absolute atomic E-state index is 0.0148. The lowest BCUT2D eigenvalue weighted by Crippen LogP contribution is -2.47. The van der Waals surface area contributed by atoms with Crippen molar-refractivity contribution in [2.45, 2.75) is 39.8 Å². The Balaban J connectivity index is 2.16. The maximum Gasteiger partial charge on any atom is 0.262 e. The highest BCUT2D eigenvalue weighted by Gasteiger charge is 2.26. The van der Waals surface area contributed by atoms with Crippen molar-refractivity contribution in [2.24, 2.45) is 5.92 Å². The van der Waals surface area contributed by atoms with Crippen LogP contribution in [0.2, 0.25) is 5.02 Å². The van der Waals surface area contributed by atoms with E-state index in [0.717, 1.165) is 0 Å². The van der Waals surface area contributed by atoms with Gasteiger partial charge in [-0.3, -0.25) is 14.4 Å². The van der Waals surface area contributed by atoms with Crippen LogP contribution in [0.25, 0.3) is 0 Å². The van der Waals surface area contributed by atoms with Crippen molar-refractivity contribution < 1.29 is 14.4 Å². The summed E-state index contributed by atoms with van der Waals surface area (Å²) in [6.45, 7) is 7.40. The largest absolute Gasteiger partial charge is 0.350 e. The monoisotopic (exact) mass is 421 g/mol. The minimum Gasteiger partial charge on any atom is -0.350 e. The molecule has 0 saturated carbocycles. The van der Waals surface area contributed by atoms with E-state index in [4.69, 9.17) is 11.6 Å². The lowest BCUT2D eigenvalue weighted by Gasteiger charge is -2.22. The molecule has 150 valence electrons. The van der Waals surface area contributed by atoms with Crippen LogP contribution < -0.4 is 16.0 Å². The molecule has 8 heteroatoms. The topological polar surface area (TPSA) is 87.3 Å². The summed E-state index contributed by atoms with van der Waals surface area (Å²) in [5.74, 6) is -1.10. The van der Waals surface area contributed by atoms with Gasteiger partial charge in [0.25, 0.3) is 11.8 Å². The molecule has 28 heavy (non-hydrogen) atoms. The van der Waals surface area contributed by atoms with Crippen LogP contribution >= 0.6 is 22.9 Å². The molecule has 0 spiro atoms. The Kier molecular flexibility index (Phi) is 7.60. The van der Waals surface area contributed by atoms with Crippen molar-refractivity contribution in [1.29, 1.82) is 0 Å². The zero-order valence-corrected chi connectivity index (χ0v) is 17.8. The molecule has 0 saturated heterocycles. The second kappa shape index (κ2) is 9.71. The Labute approximate surface area is 173 Å². The fourth-order valence-corrected chi connectivity index (χ4v) is 3.27. The molecule has 6 nitrogen and oxygen atoms in total. The van der Waals surface area contributed by atoms with Gasteiger partial charge in [0.1, 0.15) is 6.04 Å². The van der Waals surface area contributed by atoms with Crippen LogP contribution in [-0.4, -0.2) is 29.8 Å². The summed E-state index contributed by atoms with van der Waals surface area (Å²) in [5, 5.41) is 10.4. The van der Waals surface area contributed by atoms with E-state index in [2.05, 4.69) is 16.0 Å². The molecule has 0 radical (unpaired) electrons. The molecule has 1 unspecified atom stereocenters. The number of amides is 3. The molecule has 2 rings (SSSR count). The second-order valence-electron chi connectivity index (χ2n) is 6.98. The van der Waals surface area contributed by atoms with Crippen molar-refractivity contribution in [3.05, 3.63) is 51.2 Å². The fraction of sp³-hybridized carbons (Fsp3) is 0.350. The van der Waals surface area contributed by atoms with E-state index in [-0.39, 0.29) is 23.8 Å². The Morgan fingerprint density at radius 2 is 1.71 bits per heavy atom. The molecular weight excluding hydrogens is 398 g/mol. The first-order chi connectivity index (χ1) is 13.2. The number of anilines is 1. The fourth-order valence-electron chi connectivity index (χ4n) is 2.47. The Morgan fingerprint density at radius 1 is 1.00 bits per heavy atom. The van der Waals surface area contributed by atoms with E-state index in [0.29, 0.717) is 21.2 Å². The third kappa shape index (κ3) is 5.81. The van der Waals surface area contributed by atoms with Gasteiger partial charge in [-0.05, 0) is 49.4 Å². The number of thiophene rings is 1. The van der Waals surface area contributed by atoms with Gasteiger partial charge < -0.3 is 16.0 Å². The average Bonchev–Trinajstić information content (AvgIpc) is 3.15. The van der Waals surface area contributed by atoms with E-state index < -0.39 is 11.9 Å². The van der Waals surface area contributed by atoms with E-state index in [1.807, 2.05) is 27.7 Å². The summed E-state index contributed by atoms with van der Waals surface area (Å²) in [4.78, 5) is 37.9. The standard InChI is InChI=1S/C20H24ClN3O3S/c1-11(2)17(24-19(26)16-6-5-9-28-16)20(27)23-15-10-13(7-8-14(15)21)18(25)22-12(3)4/h5-12,17H,1-4H3,(H,22,25)(H,23,27)(H,24,26).